The summed E-state index contributed by atoms with van der Waals surface area (Å²) in [6.45, 7) is 0.159. The third-order valence-electron chi connectivity index (χ3n) is 5.45. The average molecular weight is 493 g/mol. The predicted octanol–water partition coefficient (Wildman–Crippen LogP) is 6.66. The Hall–Kier alpha value is -4.47. The molecule has 0 aliphatic heterocycles. The van der Waals surface area contributed by atoms with Gasteiger partial charge in [0.25, 0.3) is 0 Å². The standard InChI is InChI=1S/C26H16F5N5/c27-19-3-1-2-17(9-19)22-10-16-4-7-33-25(20(16)14-34-22)36-13-15-8-21(28)24(35-12-15)18-5-6-32-23(11-18)26(29,30)31/h1-12,14H,13H2,(H,33,36). The molecule has 0 spiro atoms. The SMILES string of the molecule is Fc1cccc(-c2cc3ccnc(NCc4cnc(-c5ccnc(C(F)(F)F)c5)c(F)c4)c3cn2)c1. The maximum absolute atomic E-state index is 14.7. The van der Waals surface area contributed by atoms with E-state index < -0.39 is 17.7 Å². The van der Waals surface area contributed by atoms with Crippen molar-refractivity contribution in [3.05, 3.63) is 102 Å². The Kier molecular flexibility index (Phi) is 6.01. The summed E-state index contributed by atoms with van der Waals surface area (Å²) in [5.74, 6) is -0.622. The number of hydrogen-bond donors (Lipinski definition) is 1. The van der Waals surface area contributed by atoms with Crippen molar-refractivity contribution >= 4 is 16.6 Å². The molecule has 0 saturated carbocycles. The van der Waals surface area contributed by atoms with Crippen LogP contribution in [0.4, 0.5) is 27.8 Å². The summed E-state index contributed by atoms with van der Waals surface area (Å²) in [6, 6.07) is 13.0. The van der Waals surface area contributed by atoms with Crippen LogP contribution in [-0.4, -0.2) is 19.9 Å². The minimum atomic E-state index is -4.64. The Morgan fingerprint density at radius 3 is 2.39 bits per heavy atom. The van der Waals surface area contributed by atoms with E-state index in [1.54, 1.807) is 30.6 Å². The van der Waals surface area contributed by atoms with Gasteiger partial charge in [-0.2, -0.15) is 13.2 Å². The van der Waals surface area contributed by atoms with Gasteiger partial charge in [-0.3, -0.25) is 15.0 Å². The number of anilines is 1. The zero-order valence-corrected chi connectivity index (χ0v) is 18.4. The first-order valence-electron chi connectivity index (χ1n) is 10.7. The second-order valence-electron chi connectivity index (χ2n) is 7.92. The Bertz CT molecular complexity index is 1570. The Labute approximate surface area is 201 Å². The van der Waals surface area contributed by atoms with Crippen LogP contribution in [0.3, 0.4) is 0 Å². The fourth-order valence-corrected chi connectivity index (χ4v) is 3.72. The van der Waals surface area contributed by atoms with Crippen molar-refractivity contribution in [1.82, 2.24) is 19.9 Å². The van der Waals surface area contributed by atoms with E-state index in [1.165, 1.54) is 30.5 Å². The minimum absolute atomic E-state index is 0.0229. The molecule has 0 unspecified atom stereocenters. The molecule has 0 aliphatic carbocycles. The highest BCUT2D eigenvalue weighted by Crippen LogP contribution is 2.31. The normalized spacial score (nSPS) is 11.6. The van der Waals surface area contributed by atoms with Crippen LogP contribution < -0.4 is 5.32 Å². The van der Waals surface area contributed by atoms with Crippen molar-refractivity contribution < 1.29 is 22.0 Å². The molecule has 0 amide bonds. The smallest absolute Gasteiger partial charge is 0.365 e. The summed E-state index contributed by atoms with van der Waals surface area (Å²) in [7, 11) is 0. The number of alkyl halides is 3. The van der Waals surface area contributed by atoms with E-state index in [1.807, 2.05) is 6.07 Å². The van der Waals surface area contributed by atoms with Crippen molar-refractivity contribution in [2.24, 2.45) is 0 Å². The molecule has 0 atom stereocenters. The quantitative estimate of drug-likeness (QED) is 0.277. The lowest BCUT2D eigenvalue weighted by Gasteiger charge is -2.11. The molecular formula is C26H16F5N5. The van der Waals surface area contributed by atoms with Crippen molar-refractivity contribution in [2.75, 3.05) is 5.32 Å². The fourth-order valence-electron chi connectivity index (χ4n) is 3.72. The molecule has 4 heterocycles. The van der Waals surface area contributed by atoms with Crippen LogP contribution in [0.5, 0.6) is 0 Å². The Morgan fingerprint density at radius 2 is 1.61 bits per heavy atom. The molecule has 4 aromatic heterocycles. The monoisotopic (exact) mass is 493 g/mol. The van der Waals surface area contributed by atoms with Gasteiger partial charge in [0.1, 0.15) is 28.8 Å². The lowest BCUT2D eigenvalue weighted by molar-refractivity contribution is -0.141. The summed E-state index contributed by atoms with van der Waals surface area (Å²) in [4.78, 5) is 16.0. The van der Waals surface area contributed by atoms with Gasteiger partial charge in [-0.15, -0.1) is 0 Å². The zero-order chi connectivity index (χ0) is 25.3. The lowest BCUT2D eigenvalue weighted by Crippen LogP contribution is -2.08. The second-order valence-corrected chi connectivity index (χ2v) is 7.92. The number of nitrogens with zero attached hydrogens (tertiary/aromatic N) is 4. The number of pyridine rings is 4. The predicted molar refractivity (Wildman–Crippen MR) is 125 cm³/mol. The maximum atomic E-state index is 14.7. The van der Waals surface area contributed by atoms with Gasteiger partial charge in [-0.1, -0.05) is 12.1 Å². The number of fused-ring (bicyclic) bond motifs is 1. The molecule has 0 saturated heterocycles. The highest BCUT2D eigenvalue weighted by Gasteiger charge is 2.32. The summed E-state index contributed by atoms with van der Waals surface area (Å²) in [5.41, 5.74) is 0.356. The molecule has 0 bridgehead atoms. The number of benzene rings is 1. The second kappa shape index (κ2) is 9.29. The first-order valence-corrected chi connectivity index (χ1v) is 10.7. The van der Waals surface area contributed by atoms with Gasteiger partial charge < -0.3 is 5.32 Å². The molecule has 1 aromatic carbocycles. The van der Waals surface area contributed by atoms with Gasteiger partial charge in [-0.05, 0) is 53.4 Å². The molecule has 5 rings (SSSR count). The van der Waals surface area contributed by atoms with Crippen molar-refractivity contribution in [3.8, 4) is 22.5 Å². The average Bonchev–Trinajstić information content (AvgIpc) is 2.87. The van der Waals surface area contributed by atoms with Crippen LogP contribution in [-0.2, 0) is 12.7 Å². The molecule has 5 nitrogen and oxygen atoms in total. The molecule has 5 aromatic rings. The highest BCUT2D eigenvalue weighted by atomic mass is 19.4. The summed E-state index contributed by atoms with van der Waals surface area (Å²) >= 11 is 0. The summed E-state index contributed by atoms with van der Waals surface area (Å²) in [6.07, 6.45) is 0.923. The first kappa shape index (κ1) is 23.3. The van der Waals surface area contributed by atoms with Crippen molar-refractivity contribution in [2.45, 2.75) is 12.7 Å². The van der Waals surface area contributed by atoms with E-state index >= 15 is 0 Å². The van der Waals surface area contributed by atoms with Gasteiger partial charge >= 0.3 is 6.18 Å². The van der Waals surface area contributed by atoms with E-state index in [4.69, 9.17) is 0 Å². The molecule has 1 N–H and O–H groups in total. The number of halogens is 5. The van der Waals surface area contributed by atoms with Gasteiger partial charge in [-0.25, -0.2) is 13.8 Å². The number of rotatable bonds is 5. The van der Waals surface area contributed by atoms with E-state index in [0.717, 1.165) is 17.6 Å². The summed E-state index contributed by atoms with van der Waals surface area (Å²) in [5, 5.41) is 4.64. The Balaban J connectivity index is 1.36. The summed E-state index contributed by atoms with van der Waals surface area (Å²) < 4.78 is 67.1. The van der Waals surface area contributed by atoms with Crippen LogP contribution in [0, 0.1) is 11.6 Å². The van der Waals surface area contributed by atoms with E-state index in [2.05, 4.69) is 25.3 Å². The number of nitrogens with one attached hydrogen (secondary N) is 1. The first-order chi connectivity index (χ1) is 17.3. The van der Waals surface area contributed by atoms with E-state index in [-0.39, 0.29) is 23.6 Å². The number of hydrogen-bond acceptors (Lipinski definition) is 5. The topological polar surface area (TPSA) is 63.6 Å². The highest BCUT2D eigenvalue weighted by molar-refractivity contribution is 5.93. The van der Waals surface area contributed by atoms with Crippen LogP contribution in [0.15, 0.2) is 79.4 Å². The van der Waals surface area contributed by atoms with E-state index in [9.17, 15) is 22.0 Å². The molecular weight excluding hydrogens is 477 g/mol. The van der Waals surface area contributed by atoms with Crippen LogP contribution in [0.1, 0.15) is 11.3 Å². The van der Waals surface area contributed by atoms with Crippen LogP contribution in [0.2, 0.25) is 0 Å². The van der Waals surface area contributed by atoms with Crippen LogP contribution in [0.25, 0.3) is 33.3 Å². The third-order valence-corrected chi connectivity index (χ3v) is 5.45. The maximum Gasteiger partial charge on any atom is 0.433 e. The van der Waals surface area contributed by atoms with Gasteiger partial charge in [0.2, 0.25) is 0 Å². The fraction of sp³-hybridized carbons (Fsp3) is 0.0769. The van der Waals surface area contributed by atoms with E-state index in [0.29, 0.717) is 28.0 Å². The molecule has 36 heavy (non-hydrogen) atoms. The largest absolute Gasteiger partial charge is 0.433 e. The molecule has 0 radical (unpaired) electrons. The van der Waals surface area contributed by atoms with Crippen LogP contribution >= 0.6 is 0 Å². The minimum Gasteiger partial charge on any atom is -0.365 e. The zero-order valence-electron chi connectivity index (χ0n) is 18.4. The molecule has 180 valence electrons. The van der Waals surface area contributed by atoms with Crippen molar-refractivity contribution in [3.63, 3.8) is 0 Å². The van der Waals surface area contributed by atoms with Gasteiger partial charge in [0, 0.05) is 47.8 Å². The molecule has 10 heteroatoms. The van der Waals surface area contributed by atoms with Gasteiger partial charge in [0.05, 0.1) is 5.69 Å². The van der Waals surface area contributed by atoms with Gasteiger partial charge in [0.15, 0.2) is 0 Å². The molecule has 0 aliphatic rings. The molecule has 0 fully saturated rings. The third kappa shape index (κ3) is 4.83. The lowest BCUT2D eigenvalue weighted by atomic mass is 10.1. The number of aromatic nitrogens is 4. The Morgan fingerprint density at radius 1 is 0.778 bits per heavy atom. The van der Waals surface area contributed by atoms with Crippen molar-refractivity contribution in [1.29, 1.82) is 0 Å².